The van der Waals surface area contributed by atoms with Crippen LogP contribution in [0.3, 0.4) is 0 Å². The van der Waals surface area contributed by atoms with Crippen molar-refractivity contribution in [1.82, 2.24) is 5.32 Å². The number of amides is 1. The second-order valence-corrected chi connectivity index (χ2v) is 5.24. The van der Waals surface area contributed by atoms with Crippen LogP contribution < -0.4 is 5.32 Å². The molecular formula is C12H23NO4. The first-order valence-corrected chi connectivity index (χ1v) is 5.98. The number of nitrogens with one attached hydrogen (secondary N) is 1. The maximum atomic E-state index is 11.9. The third-order valence-corrected chi connectivity index (χ3v) is 3.30. The van der Waals surface area contributed by atoms with Crippen LogP contribution in [0, 0.1) is 0 Å². The minimum Gasteiger partial charge on any atom is -0.394 e. The SMILES string of the molecule is COC(C)(C)CC(=O)NC1(CO)CCOCC1. The van der Waals surface area contributed by atoms with Crippen LogP contribution in [0.25, 0.3) is 0 Å². The number of methoxy groups -OCH3 is 1. The average Bonchev–Trinajstić information content (AvgIpc) is 2.29. The number of aliphatic hydroxyl groups excluding tert-OH is 1. The van der Waals surface area contributed by atoms with Crippen LogP contribution in [-0.2, 0) is 14.3 Å². The van der Waals surface area contributed by atoms with Crippen molar-refractivity contribution in [2.75, 3.05) is 26.9 Å². The van der Waals surface area contributed by atoms with Gasteiger partial charge in [0, 0.05) is 20.3 Å². The lowest BCUT2D eigenvalue weighted by Gasteiger charge is -2.37. The number of rotatable bonds is 5. The molecule has 0 atom stereocenters. The van der Waals surface area contributed by atoms with Crippen molar-refractivity contribution in [1.29, 1.82) is 0 Å². The minimum absolute atomic E-state index is 0.0461. The molecule has 0 aromatic carbocycles. The van der Waals surface area contributed by atoms with E-state index >= 15 is 0 Å². The van der Waals surface area contributed by atoms with E-state index in [0.717, 1.165) is 0 Å². The van der Waals surface area contributed by atoms with E-state index in [1.54, 1.807) is 7.11 Å². The van der Waals surface area contributed by atoms with Crippen LogP contribution in [0.1, 0.15) is 33.1 Å². The van der Waals surface area contributed by atoms with Crippen LogP contribution in [0.4, 0.5) is 0 Å². The van der Waals surface area contributed by atoms with Gasteiger partial charge in [-0.15, -0.1) is 0 Å². The number of carbonyl (C=O) groups excluding carboxylic acids is 1. The van der Waals surface area contributed by atoms with E-state index in [-0.39, 0.29) is 18.9 Å². The summed E-state index contributed by atoms with van der Waals surface area (Å²) in [5.41, 5.74) is -0.995. The maximum absolute atomic E-state index is 11.9. The Morgan fingerprint density at radius 2 is 2.06 bits per heavy atom. The van der Waals surface area contributed by atoms with Crippen LogP contribution >= 0.6 is 0 Å². The van der Waals surface area contributed by atoms with Gasteiger partial charge in [0.2, 0.25) is 5.91 Å². The molecule has 17 heavy (non-hydrogen) atoms. The number of hydrogen-bond donors (Lipinski definition) is 2. The Hall–Kier alpha value is -0.650. The quantitative estimate of drug-likeness (QED) is 0.738. The highest BCUT2D eigenvalue weighted by atomic mass is 16.5. The molecule has 0 unspecified atom stereocenters. The predicted molar refractivity (Wildman–Crippen MR) is 63.7 cm³/mol. The summed E-state index contributed by atoms with van der Waals surface area (Å²) in [6.45, 7) is 4.84. The molecule has 0 aromatic rings. The van der Waals surface area contributed by atoms with Crippen molar-refractivity contribution in [2.45, 2.75) is 44.2 Å². The Bertz CT molecular complexity index is 259. The largest absolute Gasteiger partial charge is 0.394 e. The summed E-state index contributed by atoms with van der Waals surface area (Å²) in [7, 11) is 1.59. The molecule has 2 N–H and O–H groups in total. The molecule has 0 saturated carbocycles. The Kier molecular flexibility index (Phi) is 4.91. The summed E-state index contributed by atoms with van der Waals surface area (Å²) in [4.78, 5) is 11.9. The molecule has 5 nitrogen and oxygen atoms in total. The molecular weight excluding hydrogens is 222 g/mol. The van der Waals surface area contributed by atoms with E-state index < -0.39 is 11.1 Å². The molecule has 0 bridgehead atoms. The summed E-state index contributed by atoms with van der Waals surface area (Å²) in [6.07, 6.45) is 1.59. The molecule has 0 radical (unpaired) electrons. The summed E-state index contributed by atoms with van der Waals surface area (Å²) >= 11 is 0. The molecule has 0 aromatic heterocycles. The Morgan fingerprint density at radius 3 is 2.53 bits per heavy atom. The van der Waals surface area contributed by atoms with Crippen LogP contribution in [0.2, 0.25) is 0 Å². The molecule has 1 heterocycles. The van der Waals surface area contributed by atoms with Gasteiger partial charge in [-0.3, -0.25) is 4.79 Å². The molecule has 1 aliphatic rings. The molecule has 1 saturated heterocycles. The van der Waals surface area contributed by atoms with E-state index in [2.05, 4.69) is 5.32 Å². The molecule has 5 heteroatoms. The molecule has 1 rings (SSSR count). The fourth-order valence-electron chi connectivity index (χ4n) is 1.88. The van der Waals surface area contributed by atoms with Crippen LogP contribution in [-0.4, -0.2) is 49.1 Å². The number of aliphatic hydroxyl groups is 1. The van der Waals surface area contributed by atoms with E-state index in [9.17, 15) is 9.90 Å². The topological polar surface area (TPSA) is 67.8 Å². The van der Waals surface area contributed by atoms with Gasteiger partial charge in [-0.05, 0) is 26.7 Å². The maximum Gasteiger partial charge on any atom is 0.223 e. The Labute approximate surface area is 102 Å². The van der Waals surface area contributed by atoms with Crippen molar-refractivity contribution in [3.63, 3.8) is 0 Å². The lowest BCUT2D eigenvalue weighted by molar-refractivity contribution is -0.130. The highest BCUT2D eigenvalue weighted by molar-refractivity contribution is 5.77. The predicted octanol–water partition coefficient (Wildman–Crippen LogP) is 0.459. The Balaban J connectivity index is 2.53. The first-order valence-electron chi connectivity index (χ1n) is 5.98. The van der Waals surface area contributed by atoms with Gasteiger partial charge in [-0.1, -0.05) is 0 Å². The zero-order valence-corrected chi connectivity index (χ0v) is 10.9. The second kappa shape index (κ2) is 5.80. The van der Waals surface area contributed by atoms with Crippen molar-refractivity contribution >= 4 is 5.91 Å². The van der Waals surface area contributed by atoms with E-state index in [0.29, 0.717) is 26.1 Å². The van der Waals surface area contributed by atoms with Gasteiger partial charge in [-0.2, -0.15) is 0 Å². The number of hydrogen-bond acceptors (Lipinski definition) is 4. The van der Waals surface area contributed by atoms with Crippen molar-refractivity contribution in [2.24, 2.45) is 0 Å². The number of ether oxygens (including phenoxy) is 2. The van der Waals surface area contributed by atoms with Crippen LogP contribution in [0.5, 0.6) is 0 Å². The number of carbonyl (C=O) groups is 1. The summed E-state index contributed by atoms with van der Waals surface area (Å²) in [6, 6.07) is 0. The fourth-order valence-corrected chi connectivity index (χ4v) is 1.88. The van der Waals surface area contributed by atoms with Crippen molar-refractivity contribution in [3.8, 4) is 0 Å². The van der Waals surface area contributed by atoms with Gasteiger partial charge in [0.05, 0.1) is 24.2 Å². The van der Waals surface area contributed by atoms with Gasteiger partial charge in [0.15, 0.2) is 0 Å². The van der Waals surface area contributed by atoms with Crippen molar-refractivity contribution in [3.05, 3.63) is 0 Å². The second-order valence-electron chi connectivity index (χ2n) is 5.24. The summed E-state index contributed by atoms with van der Waals surface area (Å²) < 4.78 is 10.5. The molecule has 0 aliphatic carbocycles. The lowest BCUT2D eigenvalue weighted by atomic mass is 9.90. The van der Waals surface area contributed by atoms with Gasteiger partial charge in [0.1, 0.15) is 0 Å². The average molecular weight is 245 g/mol. The first-order chi connectivity index (χ1) is 7.93. The highest BCUT2D eigenvalue weighted by Crippen LogP contribution is 2.21. The zero-order valence-electron chi connectivity index (χ0n) is 10.9. The summed E-state index contributed by atoms with van der Waals surface area (Å²) in [5, 5.41) is 12.4. The monoisotopic (exact) mass is 245 g/mol. The molecule has 1 fully saturated rings. The third-order valence-electron chi connectivity index (χ3n) is 3.30. The zero-order chi connectivity index (χ0) is 12.9. The highest BCUT2D eigenvalue weighted by Gasteiger charge is 2.34. The normalized spacial score (nSPS) is 20.0. The minimum atomic E-state index is -0.515. The van der Waals surface area contributed by atoms with Crippen LogP contribution in [0.15, 0.2) is 0 Å². The van der Waals surface area contributed by atoms with Gasteiger partial charge in [-0.25, -0.2) is 0 Å². The van der Waals surface area contributed by atoms with E-state index in [1.165, 1.54) is 0 Å². The third kappa shape index (κ3) is 4.26. The van der Waals surface area contributed by atoms with Gasteiger partial charge in [0.25, 0.3) is 0 Å². The van der Waals surface area contributed by atoms with E-state index in [1.807, 2.05) is 13.8 Å². The molecule has 1 amide bonds. The smallest absolute Gasteiger partial charge is 0.223 e. The fraction of sp³-hybridized carbons (Fsp3) is 0.917. The summed E-state index contributed by atoms with van der Waals surface area (Å²) in [5.74, 6) is -0.0900. The van der Waals surface area contributed by atoms with Crippen molar-refractivity contribution < 1.29 is 19.4 Å². The van der Waals surface area contributed by atoms with Gasteiger partial charge >= 0.3 is 0 Å². The first kappa shape index (κ1) is 14.4. The molecule has 1 aliphatic heterocycles. The standard InChI is InChI=1S/C12H23NO4/c1-11(2,16-3)8-10(15)13-12(9-14)4-6-17-7-5-12/h14H,4-9H2,1-3H3,(H,13,15). The lowest BCUT2D eigenvalue weighted by Crippen LogP contribution is -2.55. The van der Waals surface area contributed by atoms with Gasteiger partial charge < -0.3 is 19.9 Å². The Morgan fingerprint density at radius 1 is 1.47 bits per heavy atom. The van der Waals surface area contributed by atoms with E-state index in [4.69, 9.17) is 9.47 Å². The molecule has 0 spiro atoms. The molecule has 100 valence electrons.